The van der Waals surface area contributed by atoms with Crippen LogP contribution in [0.25, 0.3) is 0 Å². The van der Waals surface area contributed by atoms with Crippen LogP contribution in [-0.2, 0) is 9.59 Å². The van der Waals surface area contributed by atoms with E-state index in [-0.39, 0.29) is 37.0 Å². The summed E-state index contributed by atoms with van der Waals surface area (Å²) in [7, 11) is 1.65. The van der Waals surface area contributed by atoms with Crippen LogP contribution < -0.4 is 10.6 Å². The van der Waals surface area contributed by atoms with E-state index in [1.807, 2.05) is 31.2 Å². The van der Waals surface area contributed by atoms with Crippen LogP contribution in [0.2, 0.25) is 0 Å². The molecule has 7 nitrogen and oxygen atoms in total. The van der Waals surface area contributed by atoms with Gasteiger partial charge in [-0.25, -0.2) is 4.79 Å². The number of nitrogens with zero attached hydrogens (tertiary/aromatic N) is 2. The standard InChI is InChI=1S/C19H22N4O3/c1-11-3-5-12(6-4-11)17-16-14(22(2)19(26)21-17)9-23(18(16)25)10-15(24)20-13-7-8-13/h3-6,13,17H,7-10H2,1-2H3,(H,20,24)(H,21,26). The van der Waals surface area contributed by atoms with Crippen molar-refractivity contribution in [2.24, 2.45) is 0 Å². The molecule has 0 bridgehead atoms. The van der Waals surface area contributed by atoms with Gasteiger partial charge >= 0.3 is 6.03 Å². The van der Waals surface area contributed by atoms with Crippen LogP contribution in [0.4, 0.5) is 4.79 Å². The Hall–Kier alpha value is -2.83. The molecule has 2 N–H and O–H groups in total. The molecule has 4 amide bonds. The van der Waals surface area contributed by atoms with Crippen molar-refractivity contribution < 1.29 is 14.4 Å². The number of amides is 4. The Labute approximate surface area is 152 Å². The number of hydrogen-bond acceptors (Lipinski definition) is 3. The first-order valence-corrected chi connectivity index (χ1v) is 8.86. The van der Waals surface area contributed by atoms with Gasteiger partial charge in [-0.1, -0.05) is 29.8 Å². The van der Waals surface area contributed by atoms with Gasteiger partial charge in [0.15, 0.2) is 0 Å². The van der Waals surface area contributed by atoms with Crippen molar-refractivity contribution in [3.05, 3.63) is 46.7 Å². The maximum atomic E-state index is 13.0. The lowest BCUT2D eigenvalue weighted by molar-refractivity contribution is -0.132. The Morgan fingerprint density at radius 3 is 2.58 bits per heavy atom. The molecule has 0 aromatic heterocycles. The zero-order valence-corrected chi connectivity index (χ0v) is 14.9. The number of rotatable bonds is 4. The normalized spacial score (nSPS) is 22.5. The second kappa shape index (κ2) is 6.16. The zero-order valence-electron chi connectivity index (χ0n) is 14.9. The van der Waals surface area contributed by atoms with Crippen LogP contribution in [0.15, 0.2) is 35.5 Å². The molecule has 1 aromatic carbocycles. The van der Waals surface area contributed by atoms with Crippen molar-refractivity contribution in [1.29, 1.82) is 0 Å². The zero-order chi connectivity index (χ0) is 18.4. The number of nitrogens with one attached hydrogen (secondary N) is 2. The van der Waals surface area contributed by atoms with E-state index in [0.717, 1.165) is 24.0 Å². The van der Waals surface area contributed by atoms with Gasteiger partial charge in [-0.15, -0.1) is 0 Å². The molecule has 0 saturated heterocycles. The lowest BCUT2D eigenvalue weighted by atomic mass is 9.95. The Morgan fingerprint density at radius 1 is 1.23 bits per heavy atom. The minimum Gasteiger partial charge on any atom is -0.352 e. The number of carbonyl (C=O) groups excluding carboxylic acids is 3. The monoisotopic (exact) mass is 354 g/mol. The molecule has 3 aliphatic rings. The third-order valence-corrected chi connectivity index (χ3v) is 5.12. The van der Waals surface area contributed by atoms with Crippen LogP contribution in [0, 0.1) is 6.92 Å². The number of urea groups is 1. The van der Waals surface area contributed by atoms with Gasteiger partial charge < -0.3 is 15.5 Å². The number of carbonyl (C=O) groups is 3. The van der Waals surface area contributed by atoms with Crippen molar-refractivity contribution in [3.8, 4) is 0 Å². The van der Waals surface area contributed by atoms with E-state index in [0.29, 0.717) is 11.3 Å². The predicted molar refractivity (Wildman–Crippen MR) is 95.0 cm³/mol. The highest BCUT2D eigenvalue weighted by Crippen LogP contribution is 2.35. The van der Waals surface area contributed by atoms with Gasteiger partial charge in [-0.2, -0.15) is 0 Å². The summed E-state index contributed by atoms with van der Waals surface area (Å²) in [6.45, 7) is 2.28. The largest absolute Gasteiger partial charge is 0.352 e. The fourth-order valence-corrected chi connectivity index (χ4v) is 3.43. The maximum Gasteiger partial charge on any atom is 0.322 e. The Kier molecular flexibility index (Phi) is 3.94. The highest BCUT2D eigenvalue weighted by atomic mass is 16.2. The van der Waals surface area contributed by atoms with E-state index >= 15 is 0 Å². The fourth-order valence-electron chi connectivity index (χ4n) is 3.43. The molecule has 1 aromatic rings. The van der Waals surface area contributed by atoms with E-state index in [4.69, 9.17) is 0 Å². The van der Waals surface area contributed by atoms with Crippen LogP contribution in [0.1, 0.15) is 30.0 Å². The minimum atomic E-state index is -0.488. The SMILES string of the molecule is Cc1ccc(C2NC(=O)N(C)C3=C2C(=O)N(CC(=O)NC2CC2)C3)cc1. The van der Waals surface area contributed by atoms with Gasteiger partial charge in [0.2, 0.25) is 5.91 Å². The predicted octanol–water partition coefficient (Wildman–Crippen LogP) is 1.07. The van der Waals surface area contributed by atoms with Crippen LogP contribution in [0.3, 0.4) is 0 Å². The Bertz CT molecular complexity index is 811. The Morgan fingerprint density at radius 2 is 1.92 bits per heavy atom. The van der Waals surface area contributed by atoms with Gasteiger partial charge in [0.1, 0.15) is 6.54 Å². The molecule has 0 spiro atoms. The van der Waals surface area contributed by atoms with Crippen molar-refractivity contribution >= 4 is 17.8 Å². The fraction of sp³-hybridized carbons (Fsp3) is 0.421. The summed E-state index contributed by atoms with van der Waals surface area (Å²) in [5.41, 5.74) is 3.19. The van der Waals surface area contributed by atoms with Gasteiger partial charge in [0, 0.05) is 13.1 Å². The van der Waals surface area contributed by atoms with Gasteiger partial charge in [0.05, 0.1) is 23.9 Å². The average Bonchev–Trinajstić information content (AvgIpc) is 3.36. The minimum absolute atomic E-state index is 0.0188. The van der Waals surface area contributed by atoms with Crippen molar-refractivity contribution in [3.63, 3.8) is 0 Å². The molecule has 2 heterocycles. The molecular weight excluding hydrogens is 332 g/mol. The summed E-state index contributed by atoms with van der Waals surface area (Å²) in [5, 5.41) is 5.81. The van der Waals surface area contributed by atoms with Crippen LogP contribution >= 0.6 is 0 Å². The molecule has 26 heavy (non-hydrogen) atoms. The summed E-state index contributed by atoms with van der Waals surface area (Å²) in [6.07, 6.45) is 2.01. The maximum absolute atomic E-state index is 13.0. The highest BCUT2D eigenvalue weighted by Gasteiger charge is 2.43. The van der Waals surface area contributed by atoms with Gasteiger partial charge in [0.25, 0.3) is 5.91 Å². The molecule has 136 valence electrons. The molecule has 7 heteroatoms. The molecular formula is C19H22N4O3. The van der Waals surface area contributed by atoms with E-state index in [1.165, 1.54) is 9.80 Å². The molecule has 4 rings (SSSR count). The summed E-state index contributed by atoms with van der Waals surface area (Å²) in [6, 6.07) is 7.29. The summed E-state index contributed by atoms with van der Waals surface area (Å²) in [4.78, 5) is 40.4. The molecule has 1 fully saturated rings. The Balaban J connectivity index is 1.59. The summed E-state index contributed by atoms with van der Waals surface area (Å²) >= 11 is 0. The van der Waals surface area contributed by atoms with E-state index in [9.17, 15) is 14.4 Å². The van der Waals surface area contributed by atoms with Crippen molar-refractivity contribution in [1.82, 2.24) is 20.4 Å². The average molecular weight is 354 g/mol. The van der Waals surface area contributed by atoms with Gasteiger partial charge in [-0.3, -0.25) is 14.5 Å². The number of benzene rings is 1. The number of hydrogen-bond donors (Lipinski definition) is 2. The molecule has 1 aliphatic carbocycles. The summed E-state index contributed by atoms with van der Waals surface area (Å²) in [5.74, 6) is -0.335. The number of likely N-dealkylation sites (N-methyl/N-ethyl adjacent to an activating group) is 1. The van der Waals surface area contributed by atoms with Crippen LogP contribution in [-0.4, -0.2) is 53.8 Å². The molecule has 1 atom stereocenters. The topological polar surface area (TPSA) is 81.8 Å². The first kappa shape index (κ1) is 16.6. The highest BCUT2D eigenvalue weighted by molar-refractivity contribution is 6.02. The second-order valence-corrected chi connectivity index (χ2v) is 7.22. The number of aryl methyl sites for hydroxylation is 1. The quantitative estimate of drug-likeness (QED) is 0.848. The van der Waals surface area contributed by atoms with E-state index < -0.39 is 6.04 Å². The van der Waals surface area contributed by atoms with E-state index in [2.05, 4.69) is 10.6 Å². The molecule has 1 saturated carbocycles. The van der Waals surface area contributed by atoms with Crippen molar-refractivity contribution in [2.45, 2.75) is 31.8 Å². The van der Waals surface area contributed by atoms with Crippen LogP contribution in [0.5, 0.6) is 0 Å². The second-order valence-electron chi connectivity index (χ2n) is 7.22. The van der Waals surface area contributed by atoms with Crippen molar-refractivity contribution in [2.75, 3.05) is 20.1 Å². The molecule has 2 aliphatic heterocycles. The third kappa shape index (κ3) is 2.94. The van der Waals surface area contributed by atoms with E-state index in [1.54, 1.807) is 7.05 Å². The third-order valence-electron chi connectivity index (χ3n) is 5.12. The first-order valence-electron chi connectivity index (χ1n) is 8.86. The lowest BCUT2D eigenvalue weighted by Gasteiger charge is -2.31. The summed E-state index contributed by atoms with van der Waals surface area (Å²) < 4.78 is 0. The smallest absolute Gasteiger partial charge is 0.322 e. The van der Waals surface area contributed by atoms with Gasteiger partial charge in [-0.05, 0) is 25.3 Å². The first-order chi connectivity index (χ1) is 12.4. The molecule has 0 radical (unpaired) electrons. The molecule has 1 unspecified atom stereocenters. The lowest BCUT2D eigenvalue weighted by Crippen LogP contribution is -2.45.